The van der Waals surface area contributed by atoms with E-state index in [0.29, 0.717) is 38.9 Å². The molecule has 256 valence electrons. The molecule has 11 nitrogen and oxygen atoms in total. The molecule has 2 aliphatic heterocycles. The van der Waals surface area contributed by atoms with Gasteiger partial charge in [0.05, 0.1) is 17.8 Å². The summed E-state index contributed by atoms with van der Waals surface area (Å²) >= 11 is 0. The van der Waals surface area contributed by atoms with Gasteiger partial charge in [0, 0.05) is 19.4 Å². The maximum atomic E-state index is 14.4. The van der Waals surface area contributed by atoms with Gasteiger partial charge in [-0.15, -0.1) is 0 Å². The summed E-state index contributed by atoms with van der Waals surface area (Å²) in [5.41, 5.74) is 4.47. The highest BCUT2D eigenvalue weighted by Crippen LogP contribution is 2.37. The normalized spacial score (nSPS) is 28.0. The van der Waals surface area contributed by atoms with E-state index in [9.17, 15) is 27.6 Å². The number of quaternary nitrogens is 1. The fourth-order valence-electron chi connectivity index (χ4n) is 8.19. The number of amides is 3. The molecule has 4 aliphatic rings. The maximum Gasteiger partial charge on any atom is 0.287 e. The fraction of sp³-hybridized carbons (Fsp3) is 0.879. The monoisotopic (exact) mass is 652 g/mol. The second-order valence-electron chi connectivity index (χ2n) is 15.8. The lowest BCUT2D eigenvalue weighted by molar-refractivity contribution is -0.734. The van der Waals surface area contributed by atoms with Crippen LogP contribution in [-0.4, -0.2) is 84.7 Å². The summed E-state index contributed by atoms with van der Waals surface area (Å²) in [7, 11) is -3.14. The molecule has 0 radical (unpaired) electrons. The van der Waals surface area contributed by atoms with Crippen LogP contribution in [0.1, 0.15) is 112 Å². The first kappa shape index (κ1) is 35.8. The largest absolute Gasteiger partial charge is 0.363 e. The molecular weight excluding hydrogens is 594 g/mol. The van der Waals surface area contributed by atoms with Gasteiger partial charge in [-0.25, -0.2) is 8.42 Å². The van der Waals surface area contributed by atoms with Crippen molar-refractivity contribution in [2.75, 3.05) is 19.0 Å². The van der Waals surface area contributed by atoms with Gasteiger partial charge >= 0.3 is 0 Å². The first-order valence-corrected chi connectivity index (χ1v) is 19.0. The van der Waals surface area contributed by atoms with Gasteiger partial charge in [-0.1, -0.05) is 60.3 Å². The molecule has 2 saturated carbocycles. The molecule has 0 aromatic rings. The van der Waals surface area contributed by atoms with Crippen molar-refractivity contribution in [1.29, 1.82) is 0 Å². The molecule has 5 atom stereocenters. The quantitative estimate of drug-likeness (QED) is 0.172. The van der Waals surface area contributed by atoms with Crippen LogP contribution >= 0.6 is 0 Å². The van der Waals surface area contributed by atoms with Crippen molar-refractivity contribution in [2.24, 2.45) is 28.9 Å². The zero-order valence-electron chi connectivity index (χ0n) is 28.1. The lowest BCUT2D eigenvalue weighted by atomic mass is 9.78. The first-order valence-electron chi connectivity index (χ1n) is 17.3. The standard InChI is InChI=1S/C33H57N5O6S/c1-21(2)23-18-25(30(41)37-24(27(39)29(34)40)17-22-11-9-12-22)38(19-23)31(42)28(32(3,4)5)35-20-36-33(14-7-6-8-15-33)26-13-10-16-45(26,43)44/h21-26,28,35-36H,6-20H2,1-5H3,(H2,34,40)(H,37,41)/p+1/t23-,24?,25+,26?,28-/m1/s1. The van der Waals surface area contributed by atoms with Crippen molar-refractivity contribution in [2.45, 2.75) is 141 Å². The summed E-state index contributed by atoms with van der Waals surface area (Å²) in [5, 5.41) is 8.11. The van der Waals surface area contributed by atoms with E-state index in [-0.39, 0.29) is 40.2 Å². The number of carbonyl (C=O) groups is 4. The minimum Gasteiger partial charge on any atom is -0.363 e. The van der Waals surface area contributed by atoms with Gasteiger partial charge in [-0.05, 0) is 61.7 Å². The predicted molar refractivity (Wildman–Crippen MR) is 172 cm³/mol. The zero-order chi connectivity index (χ0) is 33.2. The average molecular weight is 653 g/mol. The fourth-order valence-corrected chi connectivity index (χ4v) is 10.6. The van der Waals surface area contributed by atoms with Crippen molar-refractivity contribution >= 4 is 33.3 Å². The number of nitrogens with one attached hydrogen (secondary N) is 2. The second kappa shape index (κ2) is 14.4. The van der Waals surface area contributed by atoms with Gasteiger partial charge in [0.2, 0.25) is 17.6 Å². The van der Waals surface area contributed by atoms with E-state index in [1.165, 1.54) is 0 Å². The topological polar surface area (TPSA) is 172 Å². The number of sulfone groups is 1. The molecule has 2 unspecified atom stereocenters. The third-order valence-electron chi connectivity index (χ3n) is 11.2. The Morgan fingerprint density at radius 3 is 2.18 bits per heavy atom. The van der Waals surface area contributed by atoms with Gasteiger partial charge in [-0.3, -0.25) is 24.5 Å². The maximum absolute atomic E-state index is 14.4. The Morgan fingerprint density at radius 2 is 1.67 bits per heavy atom. The Bertz CT molecular complexity index is 1200. The highest BCUT2D eigenvalue weighted by atomic mass is 32.2. The van der Waals surface area contributed by atoms with Crippen LogP contribution in [0.3, 0.4) is 0 Å². The zero-order valence-corrected chi connectivity index (χ0v) is 28.9. The highest BCUT2D eigenvalue weighted by Gasteiger charge is 2.52. The Kier molecular flexibility index (Phi) is 11.4. The molecule has 0 aromatic heterocycles. The molecule has 0 spiro atoms. The van der Waals surface area contributed by atoms with Crippen molar-refractivity contribution < 1.29 is 32.9 Å². The minimum atomic E-state index is -3.14. The van der Waals surface area contributed by atoms with E-state index in [0.717, 1.165) is 51.4 Å². The van der Waals surface area contributed by atoms with Gasteiger partial charge in [0.15, 0.2) is 9.84 Å². The Balaban J connectivity index is 1.51. The Morgan fingerprint density at radius 1 is 1.00 bits per heavy atom. The average Bonchev–Trinajstić information content (AvgIpc) is 3.55. The van der Waals surface area contributed by atoms with Crippen molar-refractivity contribution in [3.63, 3.8) is 0 Å². The number of hydrogen-bond donors (Lipinski definition) is 4. The van der Waals surface area contributed by atoms with Gasteiger partial charge in [-0.2, -0.15) is 0 Å². The molecule has 3 amide bonds. The minimum absolute atomic E-state index is 0.104. The summed E-state index contributed by atoms with van der Waals surface area (Å²) in [4.78, 5) is 54.4. The van der Waals surface area contributed by atoms with Crippen LogP contribution in [0.15, 0.2) is 0 Å². The summed E-state index contributed by atoms with van der Waals surface area (Å²) in [5.74, 6) is -1.59. The molecule has 2 saturated heterocycles. The van der Waals surface area contributed by atoms with Gasteiger partial charge in [0.1, 0.15) is 23.5 Å². The number of primary amides is 1. The molecule has 4 fully saturated rings. The predicted octanol–water partition coefficient (Wildman–Crippen LogP) is 1.39. The van der Waals surface area contributed by atoms with Crippen molar-refractivity contribution in [3.8, 4) is 0 Å². The van der Waals surface area contributed by atoms with E-state index in [1.54, 1.807) is 4.90 Å². The molecule has 6 N–H and O–H groups in total. The first-order chi connectivity index (χ1) is 21.1. The van der Waals surface area contributed by atoms with Gasteiger partial charge < -0.3 is 21.3 Å². The number of hydrogen-bond acceptors (Lipinski definition) is 7. The molecular formula is C33H58N5O6S+. The lowest BCUT2D eigenvalue weighted by Crippen LogP contribution is -3.02. The Labute approximate surface area is 269 Å². The van der Waals surface area contributed by atoms with E-state index >= 15 is 0 Å². The van der Waals surface area contributed by atoms with E-state index in [4.69, 9.17) is 5.73 Å². The third kappa shape index (κ3) is 8.27. The second-order valence-corrected chi connectivity index (χ2v) is 18.1. The SMILES string of the molecule is CC(C)[C@@H]1C[C@@H](C(=O)NC(CC2CCC2)C(=O)C(N)=O)N(C(=O)[C@@H](NC[NH2+]C2(C3CCCS3(=O)=O)CCCCC2)C(C)(C)C)C1. The number of ketones is 1. The van der Waals surface area contributed by atoms with E-state index < -0.39 is 51.0 Å². The van der Waals surface area contributed by atoms with Crippen LogP contribution in [0.25, 0.3) is 0 Å². The van der Waals surface area contributed by atoms with E-state index in [1.807, 2.05) is 20.8 Å². The van der Waals surface area contributed by atoms with Gasteiger partial charge in [0.25, 0.3) is 5.91 Å². The summed E-state index contributed by atoms with van der Waals surface area (Å²) in [6.45, 7) is 11.0. The van der Waals surface area contributed by atoms with Crippen LogP contribution in [0.4, 0.5) is 0 Å². The molecule has 12 heteroatoms. The van der Waals surface area contributed by atoms with Crippen LogP contribution in [0, 0.1) is 23.2 Å². The number of nitrogens with two attached hydrogens (primary N) is 2. The number of rotatable bonds is 13. The lowest BCUT2D eigenvalue weighted by Gasteiger charge is -2.40. The Hall–Kier alpha value is -2.05. The van der Waals surface area contributed by atoms with Crippen LogP contribution in [-0.2, 0) is 29.0 Å². The summed E-state index contributed by atoms with van der Waals surface area (Å²) < 4.78 is 26.1. The molecule has 4 rings (SSSR count). The molecule has 45 heavy (non-hydrogen) atoms. The summed E-state index contributed by atoms with van der Waals surface area (Å²) in [6, 6.07) is -2.37. The van der Waals surface area contributed by atoms with Crippen molar-refractivity contribution in [3.05, 3.63) is 0 Å². The number of carbonyl (C=O) groups excluding carboxylic acids is 4. The third-order valence-corrected chi connectivity index (χ3v) is 13.7. The van der Waals surface area contributed by atoms with Crippen molar-refractivity contribution in [1.82, 2.24) is 15.5 Å². The van der Waals surface area contributed by atoms with Crippen LogP contribution < -0.4 is 21.7 Å². The van der Waals surface area contributed by atoms with Crippen LogP contribution in [0.2, 0.25) is 0 Å². The number of Topliss-reactive ketones (excluding diaryl/α,β-unsaturated/α-hetero) is 1. The smallest absolute Gasteiger partial charge is 0.287 e. The molecule has 0 bridgehead atoms. The molecule has 0 aromatic carbocycles. The number of nitrogens with zero attached hydrogens (tertiary/aromatic N) is 1. The summed E-state index contributed by atoms with van der Waals surface area (Å²) in [6.07, 6.45) is 10.0. The van der Waals surface area contributed by atoms with Crippen LogP contribution in [0.5, 0.6) is 0 Å². The molecule has 2 aliphatic carbocycles. The van der Waals surface area contributed by atoms with E-state index in [2.05, 4.69) is 29.8 Å². The highest BCUT2D eigenvalue weighted by molar-refractivity contribution is 7.92. The number of likely N-dealkylation sites (tertiary alicyclic amines) is 1. The molecule has 2 heterocycles.